The van der Waals surface area contributed by atoms with Gasteiger partial charge in [-0.3, -0.25) is 14.2 Å². The molecule has 0 fully saturated rings. The van der Waals surface area contributed by atoms with Crippen LogP contribution in [0.1, 0.15) is 25.0 Å². The summed E-state index contributed by atoms with van der Waals surface area (Å²) >= 11 is 7.63. The molecular weight excluding hydrogens is 454 g/mol. The van der Waals surface area contributed by atoms with E-state index in [0.717, 1.165) is 29.7 Å². The van der Waals surface area contributed by atoms with Crippen LogP contribution in [0.25, 0.3) is 16.6 Å². The van der Waals surface area contributed by atoms with Crippen molar-refractivity contribution in [2.75, 3.05) is 11.1 Å². The van der Waals surface area contributed by atoms with Crippen molar-refractivity contribution in [3.05, 3.63) is 93.2 Å². The lowest BCUT2D eigenvalue weighted by Crippen LogP contribution is -2.23. The number of anilines is 1. The van der Waals surface area contributed by atoms with E-state index in [0.29, 0.717) is 26.8 Å². The normalized spacial score (nSPS) is 11.0. The van der Waals surface area contributed by atoms with Crippen LogP contribution in [0.4, 0.5) is 5.69 Å². The fourth-order valence-corrected chi connectivity index (χ4v) is 4.79. The van der Waals surface area contributed by atoms with E-state index in [4.69, 9.17) is 11.6 Å². The molecule has 0 saturated carbocycles. The van der Waals surface area contributed by atoms with Gasteiger partial charge in [-0.15, -0.1) is 0 Å². The van der Waals surface area contributed by atoms with Crippen LogP contribution in [0.15, 0.2) is 76.7 Å². The zero-order valence-electron chi connectivity index (χ0n) is 18.5. The Labute approximate surface area is 201 Å². The third kappa shape index (κ3) is 4.82. The SMILES string of the molecule is CCc1cccc(CC)c1NC(=O)CSc1nc2ccccc2c(=O)n1-c1ccccc1Cl. The highest BCUT2D eigenvalue weighted by molar-refractivity contribution is 7.99. The highest BCUT2D eigenvalue weighted by Gasteiger charge is 2.17. The number of rotatable bonds is 7. The Hall–Kier alpha value is -3.09. The number of nitrogens with one attached hydrogen (secondary N) is 1. The van der Waals surface area contributed by atoms with Crippen molar-refractivity contribution in [1.82, 2.24) is 9.55 Å². The molecule has 4 rings (SSSR count). The molecule has 0 aliphatic rings. The molecule has 7 heteroatoms. The van der Waals surface area contributed by atoms with E-state index in [2.05, 4.69) is 24.1 Å². The van der Waals surface area contributed by atoms with E-state index in [1.54, 1.807) is 30.3 Å². The van der Waals surface area contributed by atoms with E-state index in [1.165, 1.54) is 16.3 Å². The molecule has 0 spiro atoms. The second kappa shape index (κ2) is 10.2. The number of aromatic nitrogens is 2. The van der Waals surface area contributed by atoms with Crippen LogP contribution in [0.5, 0.6) is 0 Å². The Morgan fingerprint density at radius 3 is 2.33 bits per heavy atom. The molecule has 0 radical (unpaired) electrons. The molecular formula is C26H24ClN3O2S. The number of hydrogen-bond acceptors (Lipinski definition) is 4. The van der Waals surface area contributed by atoms with Gasteiger partial charge in [0.05, 0.1) is 27.4 Å². The number of aryl methyl sites for hydroxylation is 2. The number of halogens is 1. The van der Waals surface area contributed by atoms with E-state index in [1.807, 2.05) is 36.4 Å². The Bertz CT molecular complexity index is 1360. The van der Waals surface area contributed by atoms with Gasteiger partial charge in [-0.2, -0.15) is 0 Å². The summed E-state index contributed by atoms with van der Waals surface area (Å²) in [4.78, 5) is 31.0. The minimum Gasteiger partial charge on any atom is -0.325 e. The molecule has 1 heterocycles. The van der Waals surface area contributed by atoms with Gasteiger partial charge in [-0.05, 0) is 48.2 Å². The van der Waals surface area contributed by atoms with Gasteiger partial charge >= 0.3 is 0 Å². The second-order valence-corrected chi connectivity index (χ2v) is 8.85. The minimum absolute atomic E-state index is 0.108. The maximum absolute atomic E-state index is 13.4. The van der Waals surface area contributed by atoms with E-state index >= 15 is 0 Å². The van der Waals surface area contributed by atoms with E-state index < -0.39 is 0 Å². The molecule has 0 unspecified atom stereocenters. The first-order chi connectivity index (χ1) is 16.0. The van der Waals surface area contributed by atoms with Crippen LogP contribution in [-0.2, 0) is 17.6 Å². The zero-order chi connectivity index (χ0) is 23.4. The van der Waals surface area contributed by atoms with Gasteiger partial charge in [-0.1, -0.05) is 79.7 Å². The number of nitrogens with zero attached hydrogens (tertiary/aromatic N) is 2. The summed E-state index contributed by atoms with van der Waals surface area (Å²) in [6.45, 7) is 4.14. The monoisotopic (exact) mass is 477 g/mol. The highest BCUT2D eigenvalue weighted by atomic mass is 35.5. The minimum atomic E-state index is -0.221. The zero-order valence-corrected chi connectivity index (χ0v) is 20.0. The van der Waals surface area contributed by atoms with Crippen LogP contribution in [-0.4, -0.2) is 21.2 Å². The number of carbonyl (C=O) groups is 1. The van der Waals surface area contributed by atoms with Gasteiger partial charge < -0.3 is 5.32 Å². The number of thioether (sulfide) groups is 1. The van der Waals surface area contributed by atoms with Gasteiger partial charge in [0.2, 0.25) is 5.91 Å². The molecule has 0 aliphatic carbocycles. The van der Waals surface area contributed by atoms with Crippen molar-refractivity contribution in [2.45, 2.75) is 31.8 Å². The van der Waals surface area contributed by atoms with Crippen molar-refractivity contribution < 1.29 is 4.79 Å². The van der Waals surface area contributed by atoms with Crippen molar-refractivity contribution >= 4 is 45.9 Å². The molecule has 5 nitrogen and oxygen atoms in total. The van der Waals surface area contributed by atoms with Crippen LogP contribution in [0, 0.1) is 0 Å². The smallest absolute Gasteiger partial charge is 0.266 e. The fourth-order valence-electron chi connectivity index (χ4n) is 3.76. The van der Waals surface area contributed by atoms with Gasteiger partial charge in [0.1, 0.15) is 0 Å². The summed E-state index contributed by atoms with van der Waals surface area (Å²) in [6, 6.07) is 20.4. The number of carbonyl (C=O) groups excluding carboxylic acids is 1. The second-order valence-electron chi connectivity index (χ2n) is 7.50. The highest BCUT2D eigenvalue weighted by Crippen LogP contribution is 2.27. The molecule has 33 heavy (non-hydrogen) atoms. The molecule has 4 aromatic rings. The average molecular weight is 478 g/mol. The number of benzene rings is 3. The standard InChI is InChI=1S/C26H24ClN3O2S/c1-3-17-10-9-11-18(4-2)24(17)29-23(31)16-33-26-28-21-14-7-5-12-19(21)25(32)30(26)22-15-8-6-13-20(22)27/h5-15H,3-4,16H2,1-2H3,(H,29,31). The summed E-state index contributed by atoms with van der Waals surface area (Å²) in [5.74, 6) is -0.0418. The summed E-state index contributed by atoms with van der Waals surface area (Å²) in [6.07, 6.45) is 1.66. The molecule has 0 bridgehead atoms. The first-order valence-corrected chi connectivity index (χ1v) is 12.2. The third-order valence-corrected chi connectivity index (χ3v) is 6.69. The Morgan fingerprint density at radius 2 is 1.64 bits per heavy atom. The Balaban J connectivity index is 1.68. The molecule has 0 saturated heterocycles. The van der Waals surface area contributed by atoms with Crippen LogP contribution in [0.2, 0.25) is 5.02 Å². The predicted octanol–water partition coefficient (Wildman–Crippen LogP) is 5.89. The first kappa shape index (κ1) is 23.1. The molecule has 3 aromatic carbocycles. The van der Waals surface area contributed by atoms with Gasteiger partial charge in [0, 0.05) is 5.69 Å². The number of hydrogen-bond donors (Lipinski definition) is 1. The topological polar surface area (TPSA) is 64.0 Å². The maximum atomic E-state index is 13.4. The summed E-state index contributed by atoms with van der Waals surface area (Å²) in [5.41, 5.74) is 3.98. The maximum Gasteiger partial charge on any atom is 0.266 e. The molecule has 0 atom stereocenters. The van der Waals surface area contributed by atoms with E-state index in [9.17, 15) is 9.59 Å². The first-order valence-electron chi connectivity index (χ1n) is 10.8. The van der Waals surface area contributed by atoms with Gasteiger partial charge in [0.25, 0.3) is 5.56 Å². The van der Waals surface area contributed by atoms with Crippen LogP contribution >= 0.6 is 23.4 Å². The lowest BCUT2D eigenvalue weighted by molar-refractivity contribution is -0.113. The molecule has 1 amide bonds. The van der Waals surface area contributed by atoms with Gasteiger partial charge in [0.15, 0.2) is 5.16 Å². The van der Waals surface area contributed by atoms with Crippen LogP contribution in [0.3, 0.4) is 0 Å². The third-order valence-electron chi connectivity index (χ3n) is 5.43. The van der Waals surface area contributed by atoms with Crippen molar-refractivity contribution in [3.63, 3.8) is 0 Å². The number of para-hydroxylation sites is 3. The Kier molecular flexibility index (Phi) is 7.16. The molecule has 1 aromatic heterocycles. The quantitative estimate of drug-likeness (QED) is 0.266. The van der Waals surface area contributed by atoms with Gasteiger partial charge in [-0.25, -0.2) is 4.98 Å². The van der Waals surface area contributed by atoms with E-state index in [-0.39, 0.29) is 17.2 Å². The molecule has 168 valence electrons. The predicted molar refractivity (Wildman–Crippen MR) is 137 cm³/mol. The molecule has 1 N–H and O–H groups in total. The number of fused-ring (bicyclic) bond motifs is 1. The fraction of sp³-hybridized carbons (Fsp3) is 0.192. The summed E-state index contributed by atoms with van der Waals surface area (Å²) in [5, 5.41) is 4.42. The lowest BCUT2D eigenvalue weighted by Gasteiger charge is -2.16. The number of amides is 1. The summed E-state index contributed by atoms with van der Waals surface area (Å²) < 4.78 is 1.49. The lowest BCUT2D eigenvalue weighted by atomic mass is 10.0. The van der Waals surface area contributed by atoms with Crippen LogP contribution < -0.4 is 10.9 Å². The largest absolute Gasteiger partial charge is 0.325 e. The van der Waals surface area contributed by atoms with Crippen molar-refractivity contribution in [1.29, 1.82) is 0 Å². The van der Waals surface area contributed by atoms with Crippen molar-refractivity contribution in [3.8, 4) is 5.69 Å². The average Bonchev–Trinajstić information content (AvgIpc) is 2.83. The Morgan fingerprint density at radius 1 is 0.970 bits per heavy atom. The summed E-state index contributed by atoms with van der Waals surface area (Å²) in [7, 11) is 0. The van der Waals surface area contributed by atoms with Crippen molar-refractivity contribution in [2.24, 2.45) is 0 Å². The molecule has 0 aliphatic heterocycles.